The Hall–Kier alpha value is -2.44. The Morgan fingerprint density at radius 1 is 1.50 bits per heavy atom. The maximum Gasteiger partial charge on any atom is 0.341 e. The van der Waals surface area contributed by atoms with Crippen LogP contribution in [0.15, 0.2) is 18.6 Å². The molecule has 0 saturated heterocycles. The van der Waals surface area contributed by atoms with Crippen molar-refractivity contribution >= 4 is 11.8 Å². The molecule has 7 heteroatoms. The second kappa shape index (κ2) is 3.61. The van der Waals surface area contributed by atoms with E-state index in [1.165, 1.54) is 17.2 Å². The normalized spacial score (nSPS) is 10.3. The van der Waals surface area contributed by atoms with Crippen molar-refractivity contribution in [2.45, 2.75) is 6.92 Å². The second-order valence-electron chi connectivity index (χ2n) is 3.18. The van der Waals surface area contributed by atoms with E-state index >= 15 is 0 Å². The van der Waals surface area contributed by atoms with E-state index in [4.69, 9.17) is 10.8 Å². The Balaban J connectivity index is 2.53. The zero-order valence-corrected chi connectivity index (χ0v) is 8.45. The van der Waals surface area contributed by atoms with Crippen molar-refractivity contribution in [1.29, 1.82) is 0 Å². The summed E-state index contributed by atoms with van der Waals surface area (Å²) < 4.78 is 1.26. The van der Waals surface area contributed by atoms with E-state index in [0.29, 0.717) is 5.82 Å². The number of hydrogen-bond donors (Lipinski definition) is 2. The lowest BCUT2D eigenvalue weighted by Crippen LogP contribution is -2.07. The number of carboxylic acids is 1. The molecule has 0 spiro atoms. The Morgan fingerprint density at radius 3 is 2.81 bits per heavy atom. The fourth-order valence-corrected chi connectivity index (χ4v) is 1.26. The van der Waals surface area contributed by atoms with Crippen LogP contribution in [0.4, 0.5) is 5.82 Å². The molecular formula is C9H9N5O2. The molecule has 0 aromatic carbocycles. The van der Waals surface area contributed by atoms with E-state index < -0.39 is 5.97 Å². The number of carboxylic acid groups (broad SMARTS) is 1. The highest BCUT2D eigenvalue weighted by atomic mass is 16.4. The van der Waals surface area contributed by atoms with Crippen LogP contribution in [0.25, 0.3) is 5.82 Å². The number of aromatic carboxylic acids is 1. The molecule has 16 heavy (non-hydrogen) atoms. The average molecular weight is 219 g/mol. The molecule has 0 bridgehead atoms. The smallest absolute Gasteiger partial charge is 0.341 e. The van der Waals surface area contributed by atoms with Crippen LogP contribution in [-0.2, 0) is 0 Å². The maximum absolute atomic E-state index is 10.8. The van der Waals surface area contributed by atoms with Gasteiger partial charge in [0.1, 0.15) is 17.7 Å². The Kier molecular flexibility index (Phi) is 2.28. The summed E-state index contributed by atoms with van der Waals surface area (Å²) in [7, 11) is 0. The van der Waals surface area contributed by atoms with E-state index in [1.807, 2.05) is 0 Å². The number of nitrogens with two attached hydrogens (primary N) is 1. The molecule has 2 aromatic rings. The number of anilines is 1. The van der Waals surface area contributed by atoms with Gasteiger partial charge in [-0.2, -0.15) is 9.78 Å². The van der Waals surface area contributed by atoms with E-state index in [9.17, 15) is 4.79 Å². The molecular weight excluding hydrogens is 210 g/mol. The quantitative estimate of drug-likeness (QED) is 0.749. The van der Waals surface area contributed by atoms with E-state index in [1.54, 1.807) is 13.0 Å². The van der Waals surface area contributed by atoms with Gasteiger partial charge in [-0.1, -0.05) is 0 Å². The molecule has 82 valence electrons. The first kappa shape index (κ1) is 10.1. The van der Waals surface area contributed by atoms with Gasteiger partial charge in [-0.05, 0) is 6.92 Å². The van der Waals surface area contributed by atoms with Gasteiger partial charge in [-0.15, -0.1) is 0 Å². The summed E-state index contributed by atoms with van der Waals surface area (Å²) in [6.07, 6.45) is 2.56. The number of aromatic nitrogens is 4. The monoisotopic (exact) mass is 219 g/mol. The number of carbonyl (C=O) groups is 1. The third kappa shape index (κ3) is 1.58. The van der Waals surface area contributed by atoms with Crippen molar-refractivity contribution in [2.75, 3.05) is 5.73 Å². The van der Waals surface area contributed by atoms with Crippen LogP contribution in [0.5, 0.6) is 0 Å². The summed E-state index contributed by atoms with van der Waals surface area (Å²) in [5.41, 5.74) is 6.35. The molecule has 2 heterocycles. The number of aryl methyl sites for hydroxylation is 1. The standard InChI is InChI=1S/C9H9N5O2/c1-5-2-7(12-4-11-5)14-8(10)6(3-13-14)9(15)16/h2-4H,10H2,1H3,(H,15,16). The largest absolute Gasteiger partial charge is 0.477 e. The highest BCUT2D eigenvalue weighted by Crippen LogP contribution is 2.15. The predicted molar refractivity (Wildman–Crippen MR) is 55.3 cm³/mol. The molecule has 0 atom stereocenters. The van der Waals surface area contributed by atoms with Crippen LogP contribution in [0.1, 0.15) is 16.1 Å². The zero-order valence-electron chi connectivity index (χ0n) is 8.45. The molecule has 0 aliphatic carbocycles. The zero-order chi connectivity index (χ0) is 11.7. The van der Waals surface area contributed by atoms with Gasteiger partial charge < -0.3 is 10.8 Å². The van der Waals surface area contributed by atoms with E-state index in [-0.39, 0.29) is 11.4 Å². The molecule has 3 N–H and O–H groups in total. The van der Waals surface area contributed by atoms with E-state index in [2.05, 4.69) is 15.1 Å². The molecule has 0 fully saturated rings. The van der Waals surface area contributed by atoms with Crippen LogP contribution >= 0.6 is 0 Å². The van der Waals surface area contributed by atoms with Crippen molar-refractivity contribution in [3.8, 4) is 5.82 Å². The first-order valence-electron chi connectivity index (χ1n) is 4.45. The highest BCUT2D eigenvalue weighted by molar-refractivity contribution is 5.92. The molecule has 7 nitrogen and oxygen atoms in total. The number of nitrogens with zero attached hydrogens (tertiary/aromatic N) is 4. The SMILES string of the molecule is Cc1cc(-n2ncc(C(=O)O)c2N)ncn1. The van der Waals surface area contributed by atoms with Gasteiger partial charge in [0.2, 0.25) is 0 Å². The average Bonchev–Trinajstić information content (AvgIpc) is 2.60. The van der Waals surface area contributed by atoms with Gasteiger partial charge in [-0.25, -0.2) is 14.8 Å². The molecule has 0 saturated carbocycles. The van der Waals surface area contributed by atoms with Gasteiger partial charge in [0.05, 0.1) is 6.20 Å². The lowest BCUT2D eigenvalue weighted by Gasteiger charge is -2.03. The van der Waals surface area contributed by atoms with Crippen molar-refractivity contribution < 1.29 is 9.90 Å². The fraction of sp³-hybridized carbons (Fsp3) is 0.111. The lowest BCUT2D eigenvalue weighted by atomic mass is 10.3. The molecule has 2 aromatic heterocycles. The van der Waals surface area contributed by atoms with Gasteiger partial charge in [0, 0.05) is 11.8 Å². The summed E-state index contributed by atoms with van der Waals surface area (Å²) in [6.45, 7) is 1.79. The van der Waals surface area contributed by atoms with Crippen molar-refractivity contribution in [3.63, 3.8) is 0 Å². The summed E-state index contributed by atoms with van der Waals surface area (Å²) in [4.78, 5) is 18.7. The van der Waals surface area contributed by atoms with Crippen LogP contribution in [0, 0.1) is 6.92 Å². The third-order valence-corrected chi connectivity index (χ3v) is 2.04. The Labute approximate surface area is 90.6 Å². The van der Waals surface area contributed by atoms with Gasteiger partial charge >= 0.3 is 5.97 Å². The highest BCUT2D eigenvalue weighted by Gasteiger charge is 2.15. The minimum atomic E-state index is -1.12. The topological polar surface area (TPSA) is 107 Å². The van der Waals surface area contributed by atoms with Crippen LogP contribution in [0.3, 0.4) is 0 Å². The Morgan fingerprint density at radius 2 is 2.25 bits per heavy atom. The Bertz CT molecular complexity index is 549. The first-order valence-corrected chi connectivity index (χ1v) is 4.45. The van der Waals surface area contributed by atoms with E-state index in [0.717, 1.165) is 5.69 Å². The lowest BCUT2D eigenvalue weighted by molar-refractivity contribution is 0.0698. The fourth-order valence-electron chi connectivity index (χ4n) is 1.26. The van der Waals surface area contributed by atoms with Crippen LogP contribution in [-0.4, -0.2) is 30.8 Å². The van der Waals surface area contributed by atoms with Gasteiger partial charge in [0.15, 0.2) is 5.82 Å². The molecule has 0 amide bonds. The van der Waals surface area contributed by atoms with Gasteiger partial charge in [-0.3, -0.25) is 0 Å². The molecule has 0 radical (unpaired) electrons. The van der Waals surface area contributed by atoms with Crippen molar-refractivity contribution in [1.82, 2.24) is 19.7 Å². The number of nitrogen functional groups attached to an aromatic ring is 1. The first-order chi connectivity index (χ1) is 7.59. The number of rotatable bonds is 2. The summed E-state index contributed by atoms with van der Waals surface area (Å²) in [5, 5.41) is 12.7. The maximum atomic E-state index is 10.8. The molecule has 2 rings (SSSR count). The predicted octanol–water partition coefficient (Wildman–Crippen LogP) is 0.251. The molecule has 0 aliphatic heterocycles. The minimum Gasteiger partial charge on any atom is -0.477 e. The van der Waals surface area contributed by atoms with Gasteiger partial charge in [0.25, 0.3) is 0 Å². The van der Waals surface area contributed by atoms with Crippen molar-refractivity contribution in [3.05, 3.63) is 29.8 Å². The summed E-state index contributed by atoms with van der Waals surface area (Å²) >= 11 is 0. The van der Waals surface area contributed by atoms with Crippen LogP contribution in [0.2, 0.25) is 0 Å². The third-order valence-electron chi connectivity index (χ3n) is 2.04. The minimum absolute atomic E-state index is 0.0451. The molecule has 0 unspecified atom stereocenters. The number of hydrogen-bond acceptors (Lipinski definition) is 5. The summed E-state index contributed by atoms with van der Waals surface area (Å²) in [6, 6.07) is 1.66. The van der Waals surface area contributed by atoms with Crippen LogP contribution < -0.4 is 5.73 Å². The van der Waals surface area contributed by atoms with Crippen molar-refractivity contribution in [2.24, 2.45) is 0 Å². The summed E-state index contributed by atoms with van der Waals surface area (Å²) in [5.74, 6) is -0.627. The second-order valence-corrected chi connectivity index (χ2v) is 3.18. The molecule has 0 aliphatic rings.